The molecule has 0 aliphatic carbocycles. The standard InChI is InChI=1S/C15H19NO4S/c1-10(14(18)20-4)13(17)9-11-5-7-12(8-6-11)21-15(19)16(2)3/h5-8,10H,9H2,1-4H3. The second-order valence-electron chi connectivity index (χ2n) is 4.79. The van der Waals surface area contributed by atoms with Gasteiger partial charge in [0, 0.05) is 25.4 Å². The van der Waals surface area contributed by atoms with Gasteiger partial charge < -0.3 is 9.64 Å². The van der Waals surface area contributed by atoms with Gasteiger partial charge in [0.1, 0.15) is 5.92 Å². The molecule has 0 aliphatic heterocycles. The number of esters is 1. The first-order valence-corrected chi connectivity index (χ1v) is 7.25. The van der Waals surface area contributed by atoms with Crippen LogP contribution in [-0.2, 0) is 20.7 Å². The number of carbonyl (C=O) groups is 3. The Morgan fingerprint density at radius 1 is 1.19 bits per heavy atom. The molecule has 0 fully saturated rings. The molecule has 1 atom stereocenters. The smallest absolute Gasteiger partial charge is 0.315 e. The van der Waals surface area contributed by atoms with Crippen LogP contribution in [0.15, 0.2) is 29.2 Å². The number of hydrogen-bond acceptors (Lipinski definition) is 5. The van der Waals surface area contributed by atoms with Gasteiger partial charge >= 0.3 is 5.97 Å². The fourth-order valence-corrected chi connectivity index (χ4v) is 2.19. The Hall–Kier alpha value is -1.82. The molecule has 0 saturated carbocycles. The summed E-state index contributed by atoms with van der Waals surface area (Å²) < 4.78 is 4.55. The molecule has 0 N–H and O–H groups in total. The van der Waals surface area contributed by atoms with Crippen molar-refractivity contribution in [1.29, 1.82) is 0 Å². The maximum Gasteiger partial charge on any atom is 0.315 e. The maximum atomic E-state index is 11.9. The fourth-order valence-electron chi connectivity index (χ4n) is 1.53. The summed E-state index contributed by atoms with van der Waals surface area (Å²) in [7, 11) is 4.65. The zero-order chi connectivity index (χ0) is 16.0. The van der Waals surface area contributed by atoms with Crippen molar-refractivity contribution >= 4 is 28.8 Å². The van der Waals surface area contributed by atoms with E-state index in [4.69, 9.17) is 0 Å². The van der Waals surface area contributed by atoms with Crippen molar-refractivity contribution < 1.29 is 19.1 Å². The quantitative estimate of drug-likeness (QED) is 0.475. The van der Waals surface area contributed by atoms with Crippen LogP contribution in [-0.4, -0.2) is 43.1 Å². The first-order chi connectivity index (χ1) is 9.85. The minimum atomic E-state index is -0.764. The van der Waals surface area contributed by atoms with E-state index in [1.54, 1.807) is 38.4 Å². The van der Waals surface area contributed by atoms with Crippen molar-refractivity contribution in [3.05, 3.63) is 29.8 Å². The molecule has 1 amide bonds. The van der Waals surface area contributed by atoms with E-state index in [-0.39, 0.29) is 17.4 Å². The van der Waals surface area contributed by atoms with Crippen molar-refractivity contribution in [1.82, 2.24) is 4.90 Å². The summed E-state index contributed by atoms with van der Waals surface area (Å²) in [5.74, 6) is -1.48. The van der Waals surface area contributed by atoms with Crippen LogP contribution in [0.25, 0.3) is 0 Å². The second-order valence-corrected chi connectivity index (χ2v) is 5.82. The number of methoxy groups -OCH3 is 1. The predicted octanol–water partition coefficient (Wildman–Crippen LogP) is 2.38. The molecule has 21 heavy (non-hydrogen) atoms. The number of benzene rings is 1. The largest absolute Gasteiger partial charge is 0.468 e. The monoisotopic (exact) mass is 309 g/mol. The number of hydrogen-bond donors (Lipinski definition) is 0. The Kier molecular flexibility index (Phi) is 6.42. The highest BCUT2D eigenvalue weighted by molar-refractivity contribution is 8.13. The zero-order valence-corrected chi connectivity index (χ0v) is 13.4. The lowest BCUT2D eigenvalue weighted by molar-refractivity contribution is -0.148. The van der Waals surface area contributed by atoms with Crippen LogP contribution in [0.3, 0.4) is 0 Å². The van der Waals surface area contributed by atoms with Gasteiger partial charge in [0.25, 0.3) is 5.24 Å². The third-order valence-electron chi connectivity index (χ3n) is 2.91. The van der Waals surface area contributed by atoms with Crippen LogP contribution in [0.2, 0.25) is 0 Å². The molecule has 0 bridgehead atoms. The Balaban J connectivity index is 2.64. The molecule has 5 nitrogen and oxygen atoms in total. The van der Waals surface area contributed by atoms with Crippen molar-refractivity contribution in [3.8, 4) is 0 Å². The van der Waals surface area contributed by atoms with Gasteiger partial charge in [-0.25, -0.2) is 0 Å². The summed E-state index contributed by atoms with van der Waals surface area (Å²) in [5, 5.41) is -0.0573. The number of ether oxygens (including phenoxy) is 1. The van der Waals surface area contributed by atoms with E-state index < -0.39 is 11.9 Å². The van der Waals surface area contributed by atoms with E-state index in [9.17, 15) is 14.4 Å². The number of Topliss-reactive ketones (excluding diaryl/α,β-unsaturated/α-hetero) is 1. The lowest BCUT2D eigenvalue weighted by Crippen LogP contribution is -2.23. The van der Waals surface area contributed by atoms with Crippen LogP contribution in [0.1, 0.15) is 12.5 Å². The van der Waals surface area contributed by atoms with Gasteiger partial charge in [0.05, 0.1) is 7.11 Å². The fraction of sp³-hybridized carbons (Fsp3) is 0.400. The molecular formula is C15H19NO4S. The number of rotatable bonds is 5. The van der Waals surface area contributed by atoms with E-state index in [0.29, 0.717) is 0 Å². The average Bonchev–Trinajstić information content (AvgIpc) is 2.47. The van der Waals surface area contributed by atoms with E-state index >= 15 is 0 Å². The number of nitrogens with zero attached hydrogens (tertiary/aromatic N) is 1. The molecular weight excluding hydrogens is 290 g/mol. The first kappa shape index (κ1) is 17.2. The van der Waals surface area contributed by atoms with Gasteiger partial charge in [0.2, 0.25) is 0 Å². The Morgan fingerprint density at radius 3 is 2.24 bits per heavy atom. The van der Waals surface area contributed by atoms with Crippen LogP contribution in [0.5, 0.6) is 0 Å². The highest BCUT2D eigenvalue weighted by atomic mass is 32.2. The Labute approximate surface area is 128 Å². The maximum absolute atomic E-state index is 11.9. The summed E-state index contributed by atoms with van der Waals surface area (Å²) in [6.45, 7) is 1.54. The van der Waals surface area contributed by atoms with E-state index in [0.717, 1.165) is 22.2 Å². The normalized spacial score (nSPS) is 11.6. The van der Waals surface area contributed by atoms with Gasteiger partial charge in [-0.3, -0.25) is 14.4 Å². The summed E-state index contributed by atoms with van der Waals surface area (Å²) in [5.41, 5.74) is 0.803. The Morgan fingerprint density at radius 2 is 1.76 bits per heavy atom. The molecule has 0 saturated heterocycles. The predicted molar refractivity (Wildman–Crippen MR) is 81.3 cm³/mol. The summed E-state index contributed by atoms with van der Waals surface area (Å²) >= 11 is 1.12. The van der Waals surface area contributed by atoms with Gasteiger partial charge in [-0.2, -0.15) is 0 Å². The minimum absolute atomic E-state index is 0.0573. The van der Waals surface area contributed by atoms with Crippen LogP contribution >= 0.6 is 11.8 Å². The molecule has 1 unspecified atom stereocenters. The molecule has 6 heteroatoms. The molecule has 114 valence electrons. The topological polar surface area (TPSA) is 63.7 Å². The zero-order valence-electron chi connectivity index (χ0n) is 12.6. The van der Waals surface area contributed by atoms with E-state index in [1.165, 1.54) is 18.9 Å². The number of carbonyl (C=O) groups excluding carboxylic acids is 3. The highest BCUT2D eigenvalue weighted by Gasteiger charge is 2.21. The Bertz CT molecular complexity index is 525. The molecule has 0 aliphatic rings. The first-order valence-electron chi connectivity index (χ1n) is 6.43. The lowest BCUT2D eigenvalue weighted by Gasteiger charge is -2.10. The number of amides is 1. The third kappa shape index (κ3) is 5.23. The number of ketones is 1. The highest BCUT2D eigenvalue weighted by Crippen LogP contribution is 2.21. The van der Waals surface area contributed by atoms with Gasteiger partial charge in [-0.05, 0) is 36.4 Å². The molecule has 0 spiro atoms. The van der Waals surface area contributed by atoms with E-state index in [2.05, 4.69) is 4.74 Å². The number of thioether (sulfide) groups is 1. The molecule has 1 aromatic carbocycles. The minimum Gasteiger partial charge on any atom is -0.468 e. The van der Waals surface area contributed by atoms with Crippen molar-refractivity contribution in [2.24, 2.45) is 5.92 Å². The summed E-state index contributed by atoms with van der Waals surface area (Å²) in [6.07, 6.45) is 0.169. The van der Waals surface area contributed by atoms with Crippen molar-refractivity contribution in [2.45, 2.75) is 18.2 Å². The van der Waals surface area contributed by atoms with Gasteiger partial charge in [-0.15, -0.1) is 0 Å². The van der Waals surface area contributed by atoms with Crippen LogP contribution in [0, 0.1) is 5.92 Å². The molecule has 0 heterocycles. The van der Waals surface area contributed by atoms with Crippen molar-refractivity contribution in [3.63, 3.8) is 0 Å². The summed E-state index contributed by atoms with van der Waals surface area (Å²) in [4.78, 5) is 37.1. The third-order valence-corrected chi connectivity index (χ3v) is 3.96. The van der Waals surface area contributed by atoms with E-state index in [1.807, 2.05) is 0 Å². The summed E-state index contributed by atoms with van der Waals surface area (Å²) in [6, 6.07) is 7.15. The van der Waals surface area contributed by atoms with Crippen LogP contribution < -0.4 is 0 Å². The van der Waals surface area contributed by atoms with Gasteiger partial charge in [0.15, 0.2) is 5.78 Å². The van der Waals surface area contributed by atoms with Crippen molar-refractivity contribution in [2.75, 3.05) is 21.2 Å². The second kappa shape index (κ2) is 7.83. The average molecular weight is 309 g/mol. The van der Waals surface area contributed by atoms with Gasteiger partial charge in [-0.1, -0.05) is 12.1 Å². The SMILES string of the molecule is COC(=O)C(C)C(=O)Cc1ccc(SC(=O)N(C)C)cc1. The molecule has 0 aromatic heterocycles. The molecule has 1 aromatic rings. The molecule has 0 radical (unpaired) electrons. The molecule has 1 rings (SSSR count). The lowest BCUT2D eigenvalue weighted by atomic mass is 10.00. The van der Waals surface area contributed by atoms with Crippen LogP contribution in [0.4, 0.5) is 4.79 Å².